The van der Waals surface area contributed by atoms with Gasteiger partial charge < -0.3 is 0 Å². The monoisotopic (exact) mass is 367 g/mol. The minimum absolute atomic E-state index is 0.302. The fourth-order valence-corrected chi connectivity index (χ4v) is 3.82. The van der Waals surface area contributed by atoms with Crippen molar-refractivity contribution in [3.63, 3.8) is 0 Å². The Hall–Kier alpha value is -1.81. The molecule has 1 aliphatic heterocycles. The molecule has 7 nitrogen and oxygen atoms in total. The quantitative estimate of drug-likeness (QED) is 0.872. The van der Waals surface area contributed by atoms with Crippen molar-refractivity contribution in [3.05, 3.63) is 47.0 Å². The highest BCUT2D eigenvalue weighted by molar-refractivity contribution is 7.86. The van der Waals surface area contributed by atoms with E-state index in [-0.39, 0.29) is 5.82 Å². The Kier molecular flexibility index (Phi) is 4.92. The number of nitrogens with zero attached hydrogens (tertiary/aromatic N) is 4. The van der Waals surface area contributed by atoms with E-state index in [1.807, 2.05) is 24.6 Å². The van der Waals surface area contributed by atoms with Gasteiger partial charge in [0.15, 0.2) is 0 Å². The van der Waals surface area contributed by atoms with E-state index in [1.165, 1.54) is 16.4 Å². The first-order valence-corrected chi connectivity index (χ1v) is 9.56. The number of piperazine rings is 1. The van der Waals surface area contributed by atoms with E-state index in [2.05, 4.69) is 10.00 Å². The summed E-state index contributed by atoms with van der Waals surface area (Å²) >= 11 is 0. The molecule has 0 amide bonds. The predicted octanol–water partition coefficient (Wildman–Crippen LogP) is 0.949. The van der Waals surface area contributed by atoms with Gasteiger partial charge in [0.25, 0.3) is 10.2 Å². The summed E-state index contributed by atoms with van der Waals surface area (Å²) < 4.78 is 39.7. The lowest BCUT2D eigenvalue weighted by atomic mass is 10.1. The van der Waals surface area contributed by atoms with Crippen molar-refractivity contribution in [2.45, 2.75) is 20.4 Å². The van der Waals surface area contributed by atoms with Crippen LogP contribution in [0.1, 0.15) is 17.0 Å². The average Bonchev–Trinajstić information content (AvgIpc) is 2.85. The molecule has 136 valence electrons. The maximum Gasteiger partial charge on any atom is 0.276 e. The van der Waals surface area contributed by atoms with Gasteiger partial charge in [0.2, 0.25) is 0 Å². The second-order valence-corrected chi connectivity index (χ2v) is 7.88. The molecule has 2 aromatic rings. The summed E-state index contributed by atoms with van der Waals surface area (Å²) in [6.45, 7) is 6.15. The molecule has 9 heteroatoms. The third-order valence-electron chi connectivity index (χ3n) is 4.36. The number of halogens is 1. The van der Waals surface area contributed by atoms with Crippen LogP contribution in [0, 0.1) is 19.7 Å². The number of rotatable bonds is 4. The van der Waals surface area contributed by atoms with Crippen LogP contribution < -0.4 is 5.14 Å². The van der Waals surface area contributed by atoms with E-state index in [4.69, 9.17) is 5.14 Å². The third-order valence-corrected chi connectivity index (χ3v) is 5.45. The van der Waals surface area contributed by atoms with Gasteiger partial charge in [-0.3, -0.25) is 4.90 Å². The Bertz CT molecular complexity index is 873. The van der Waals surface area contributed by atoms with E-state index in [0.29, 0.717) is 32.7 Å². The van der Waals surface area contributed by atoms with E-state index >= 15 is 0 Å². The lowest BCUT2D eigenvalue weighted by Gasteiger charge is -2.33. The molecular weight excluding hydrogens is 345 g/mol. The molecule has 1 fully saturated rings. The van der Waals surface area contributed by atoms with E-state index in [0.717, 1.165) is 22.6 Å². The fraction of sp³-hybridized carbons (Fsp3) is 0.438. The second-order valence-electron chi connectivity index (χ2n) is 6.33. The molecular formula is C16H22FN5O2S. The molecule has 0 radical (unpaired) electrons. The van der Waals surface area contributed by atoms with Crippen molar-refractivity contribution in [1.82, 2.24) is 19.0 Å². The lowest BCUT2D eigenvalue weighted by Crippen LogP contribution is -2.50. The molecule has 1 aromatic heterocycles. The SMILES string of the molecule is Cc1cc(C)n(-c2ccc(F)cc2CN2CCN(S(N)(=O)=O)CC2)n1. The van der Waals surface area contributed by atoms with Crippen LogP contribution in [-0.4, -0.2) is 53.6 Å². The summed E-state index contributed by atoms with van der Waals surface area (Å²) in [6.07, 6.45) is 0. The van der Waals surface area contributed by atoms with Gasteiger partial charge in [0, 0.05) is 38.4 Å². The van der Waals surface area contributed by atoms with Crippen molar-refractivity contribution in [3.8, 4) is 5.69 Å². The zero-order chi connectivity index (χ0) is 18.2. The largest absolute Gasteiger partial charge is 0.296 e. The van der Waals surface area contributed by atoms with Crippen molar-refractivity contribution in [1.29, 1.82) is 0 Å². The number of aromatic nitrogens is 2. The van der Waals surface area contributed by atoms with Gasteiger partial charge >= 0.3 is 0 Å². The molecule has 0 aliphatic carbocycles. The van der Waals surface area contributed by atoms with Crippen LogP contribution in [0.5, 0.6) is 0 Å². The minimum Gasteiger partial charge on any atom is -0.296 e. The summed E-state index contributed by atoms with van der Waals surface area (Å²) in [4.78, 5) is 2.09. The predicted molar refractivity (Wildman–Crippen MR) is 93.0 cm³/mol. The van der Waals surface area contributed by atoms with Crippen molar-refractivity contribution in [2.75, 3.05) is 26.2 Å². The van der Waals surface area contributed by atoms with Gasteiger partial charge in [-0.1, -0.05) is 0 Å². The highest BCUT2D eigenvalue weighted by Crippen LogP contribution is 2.21. The van der Waals surface area contributed by atoms with Gasteiger partial charge in [0.05, 0.1) is 11.4 Å². The second kappa shape index (κ2) is 6.83. The van der Waals surface area contributed by atoms with Crippen LogP contribution in [0.15, 0.2) is 24.3 Å². The highest BCUT2D eigenvalue weighted by Gasteiger charge is 2.24. The molecule has 1 aromatic carbocycles. The summed E-state index contributed by atoms with van der Waals surface area (Å²) in [5.74, 6) is -0.302. The Morgan fingerprint density at radius 1 is 1.16 bits per heavy atom. The maximum absolute atomic E-state index is 13.8. The molecule has 2 N–H and O–H groups in total. The molecule has 0 bridgehead atoms. The summed E-state index contributed by atoms with van der Waals surface area (Å²) in [5, 5.41) is 9.65. The summed E-state index contributed by atoms with van der Waals surface area (Å²) in [6, 6.07) is 6.63. The maximum atomic E-state index is 13.8. The molecule has 0 saturated carbocycles. The number of benzene rings is 1. The first-order valence-electron chi connectivity index (χ1n) is 8.06. The number of hydrogen-bond donors (Lipinski definition) is 1. The Morgan fingerprint density at radius 3 is 2.40 bits per heavy atom. The topological polar surface area (TPSA) is 84.5 Å². The minimum atomic E-state index is -3.65. The van der Waals surface area contributed by atoms with Crippen LogP contribution in [0.2, 0.25) is 0 Å². The van der Waals surface area contributed by atoms with Crippen molar-refractivity contribution < 1.29 is 12.8 Å². The smallest absolute Gasteiger partial charge is 0.276 e. The van der Waals surface area contributed by atoms with Crippen LogP contribution >= 0.6 is 0 Å². The highest BCUT2D eigenvalue weighted by atomic mass is 32.2. The third kappa shape index (κ3) is 4.06. The molecule has 1 saturated heterocycles. The van der Waals surface area contributed by atoms with Crippen LogP contribution in [0.3, 0.4) is 0 Å². The van der Waals surface area contributed by atoms with E-state index in [1.54, 1.807) is 6.07 Å². The number of nitrogens with two attached hydrogens (primary N) is 1. The van der Waals surface area contributed by atoms with E-state index in [9.17, 15) is 12.8 Å². The molecule has 0 spiro atoms. The zero-order valence-electron chi connectivity index (χ0n) is 14.3. The lowest BCUT2D eigenvalue weighted by molar-refractivity contribution is 0.181. The van der Waals surface area contributed by atoms with Gasteiger partial charge in [-0.2, -0.15) is 17.8 Å². The molecule has 25 heavy (non-hydrogen) atoms. The van der Waals surface area contributed by atoms with Crippen molar-refractivity contribution in [2.24, 2.45) is 5.14 Å². The number of aryl methyl sites for hydroxylation is 2. The number of hydrogen-bond acceptors (Lipinski definition) is 4. The van der Waals surface area contributed by atoms with Crippen LogP contribution in [-0.2, 0) is 16.8 Å². The van der Waals surface area contributed by atoms with Gasteiger partial charge in [-0.05, 0) is 43.7 Å². The van der Waals surface area contributed by atoms with Gasteiger partial charge in [0.1, 0.15) is 5.82 Å². The van der Waals surface area contributed by atoms with Gasteiger partial charge in [-0.25, -0.2) is 14.2 Å². The first kappa shape index (κ1) is 18.0. The standard InChI is InChI=1S/C16H22FN5O2S/c1-12-9-13(2)22(19-12)16-4-3-15(17)10-14(16)11-20-5-7-21(8-6-20)25(18,23)24/h3-4,9-10H,5-8,11H2,1-2H3,(H2,18,23,24). The Balaban J connectivity index is 1.81. The Morgan fingerprint density at radius 2 is 1.84 bits per heavy atom. The molecule has 0 atom stereocenters. The zero-order valence-corrected chi connectivity index (χ0v) is 15.1. The van der Waals surface area contributed by atoms with Crippen LogP contribution in [0.25, 0.3) is 5.69 Å². The molecule has 0 unspecified atom stereocenters. The van der Waals surface area contributed by atoms with Crippen LogP contribution in [0.4, 0.5) is 4.39 Å². The molecule has 3 rings (SSSR count). The molecule has 2 heterocycles. The summed E-state index contributed by atoms with van der Waals surface area (Å²) in [5.41, 5.74) is 3.52. The van der Waals surface area contributed by atoms with Gasteiger partial charge in [-0.15, -0.1) is 0 Å². The first-order chi connectivity index (χ1) is 11.7. The Labute approximate surface area is 147 Å². The molecule has 1 aliphatic rings. The van der Waals surface area contributed by atoms with E-state index < -0.39 is 10.2 Å². The normalized spacial score (nSPS) is 17.1. The van der Waals surface area contributed by atoms with Crippen molar-refractivity contribution >= 4 is 10.2 Å². The fourth-order valence-electron chi connectivity index (χ4n) is 3.14. The summed E-state index contributed by atoms with van der Waals surface area (Å²) in [7, 11) is -3.65. The average molecular weight is 367 g/mol.